The molecule has 4 rings (SSSR count). The summed E-state index contributed by atoms with van der Waals surface area (Å²) in [6.45, 7) is 1.84. The lowest BCUT2D eigenvalue weighted by atomic mass is 10.1. The summed E-state index contributed by atoms with van der Waals surface area (Å²) >= 11 is 0. The van der Waals surface area contributed by atoms with E-state index in [1.807, 2.05) is 60.7 Å². The number of para-hydroxylation sites is 1. The molecule has 0 spiro atoms. The van der Waals surface area contributed by atoms with Gasteiger partial charge < -0.3 is 9.32 Å². The van der Waals surface area contributed by atoms with E-state index in [1.54, 1.807) is 16.0 Å². The largest absolute Gasteiger partial charge is 0.433 e. The van der Waals surface area contributed by atoms with Gasteiger partial charge >= 0.3 is 5.88 Å². The number of furan rings is 1. The third-order valence-electron chi connectivity index (χ3n) is 4.58. The number of nitro groups is 1. The van der Waals surface area contributed by atoms with E-state index in [1.165, 1.54) is 13.0 Å². The first-order chi connectivity index (χ1) is 14.0. The highest BCUT2D eigenvalue weighted by Crippen LogP contribution is 2.38. The van der Waals surface area contributed by atoms with Crippen molar-refractivity contribution in [3.05, 3.63) is 94.2 Å². The van der Waals surface area contributed by atoms with Crippen LogP contribution in [-0.2, 0) is 11.3 Å². The molecular formula is C21H18N4O4. The van der Waals surface area contributed by atoms with Gasteiger partial charge in [0.05, 0.1) is 11.8 Å². The summed E-state index contributed by atoms with van der Waals surface area (Å²) in [6.07, 6.45) is -0.634. The van der Waals surface area contributed by atoms with E-state index in [0.29, 0.717) is 12.3 Å². The lowest BCUT2D eigenvalue weighted by Crippen LogP contribution is -2.37. The van der Waals surface area contributed by atoms with Gasteiger partial charge in [0, 0.05) is 13.5 Å². The van der Waals surface area contributed by atoms with Crippen LogP contribution in [0.4, 0.5) is 11.6 Å². The number of carbonyl (C=O) groups is 1. The maximum atomic E-state index is 12.4. The monoisotopic (exact) mass is 390 g/mol. The second-order valence-corrected chi connectivity index (χ2v) is 6.58. The minimum Gasteiger partial charge on any atom is -0.401 e. The first-order valence-electron chi connectivity index (χ1n) is 9.03. The Kier molecular flexibility index (Phi) is 4.82. The van der Waals surface area contributed by atoms with Gasteiger partial charge in [0.25, 0.3) is 0 Å². The Hall–Kier alpha value is -3.94. The number of rotatable bonds is 6. The number of hydrogen-bond donors (Lipinski definition) is 0. The molecule has 0 bridgehead atoms. The van der Waals surface area contributed by atoms with E-state index < -0.39 is 11.1 Å². The van der Waals surface area contributed by atoms with Crippen LogP contribution in [-0.4, -0.2) is 21.4 Å². The van der Waals surface area contributed by atoms with Crippen molar-refractivity contribution in [3.8, 4) is 0 Å². The highest BCUT2D eigenvalue weighted by atomic mass is 16.6. The highest BCUT2D eigenvalue weighted by molar-refractivity contribution is 6.38. The van der Waals surface area contributed by atoms with Crippen molar-refractivity contribution in [3.63, 3.8) is 0 Å². The van der Waals surface area contributed by atoms with Gasteiger partial charge in [0.15, 0.2) is 23.5 Å². The Morgan fingerprint density at radius 3 is 2.31 bits per heavy atom. The molecular weight excluding hydrogens is 372 g/mol. The van der Waals surface area contributed by atoms with Gasteiger partial charge in [-0.05, 0) is 23.8 Å². The summed E-state index contributed by atoms with van der Waals surface area (Å²) in [5.41, 5.74) is 1.72. The topological polar surface area (TPSA) is 92.2 Å². The van der Waals surface area contributed by atoms with Crippen molar-refractivity contribution >= 4 is 23.2 Å². The lowest BCUT2D eigenvalue weighted by molar-refractivity contribution is -0.402. The Morgan fingerprint density at radius 1 is 1.07 bits per heavy atom. The quantitative estimate of drug-likeness (QED) is 0.465. The summed E-state index contributed by atoms with van der Waals surface area (Å²) in [6, 6.07) is 21.8. The molecule has 0 amide bonds. The molecule has 146 valence electrons. The first-order valence-corrected chi connectivity index (χ1v) is 9.03. The maximum Gasteiger partial charge on any atom is 0.433 e. The zero-order valence-electron chi connectivity index (χ0n) is 15.6. The summed E-state index contributed by atoms with van der Waals surface area (Å²) in [5, 5.41) is 17.3. The van der Waals surface area contributed by atoms with Crippen molar-refractivity contribution in [1.82, 2.24) is 4.90 Å². The summed E-state index contributed by atoms with van der Waals surface area (Å²) in [4.78, 5) is 24.7. The predicted octanol–water partition coefficient (Wildman–Crippen LogP) is 4.11. The van der Waals surface area contributed by atoms with Crippen molar-refractivity contribution < 1.29 is 14.1 Å². The van der Waals surface area contributed by atoms with Crippen LogP contribution in [0.2, 0.25) is 0 Å². The third-order valence-corrected chi connectivity index (χ3v) is 4.58. The zero-order valence-corrected chi connectivity index (χ0v) is 15.6. The van der Waals surface area contributed by atoms with Crippen LogP contribution in [0.15, 0.2) is 82.3 Å². The molecule has 8 heteroatoms. The average molecular weight is 390 g/mol. The number of anilines is 1. The molecule has 0 saturated carbocycles. The number of nitrogens with zero attached hydrogens (tertiary/aromatic N) is 4. The summed E-state index contributed by atoms with van der Waals surface area (Å²) in [7, 11) is 0. The second kappa shape index (κ2) is 7.59. The molecule has 2 heterocycles. The van der Waals surface area contributed by atoms with E-state index in [0.717, 1.165) is 11.3 Å². The molecule has 0 fully saturated rings. The van der Waals surface area contributed by atoms with Crippen LogP contribution in [0.25, 0.3) is 0 Å². The van der Waals surface area contributed by atoms with Gasteiger partial charge in [-0.25, -0.2) is 5.01 Å². The maximum absolute atomic E-state index is 12.4. The molecule has 1 aliphatic heterocycles. The van der Waals surface area contributed by atoms with E-state index in [4.69, 9.17) is 4.42 Å². The van der Waals surface area contributed by atoms with Crippen LogP contribution in [0.1, 0.15) is 24.4 Å². The average Bonchev–Trinajstić information content (AvgIpc) is 3.34. The smallest absolute Gasteiger partial charge is 0.401 e. The molecule has 0 unspecified atom stereocenters. The second-order valence-electron chi connectivity index (χ2n) is 6.58. The minimum absolute atomic E-state index is 0.203. The van der Waals surface area contributed by atoms with Gasteiger partial charge in [-0.1, -0.05) is 48.5 Å². The molecule has 0 N–H and O–H groups in total. The number of amidine groups is 1. The molecule has 0 saturated heterocycles. The SMILES string of the molecule is CC(=O)C1=NN(c2ccccc2)[C@H](c2ccc([N+](=O)[O-])o2)N1Cc1ccccc1. The zero-order chi connectivity index (χ0) is 20.4. The third kappa shape index (κ3) is 3.60. The number of hydrazone groups is 1. The van der Waals surface area contributed by atoms with Crippen LogP contribution >= 0.6 is 0 Å². The van der Waals surface area contributed by atoms with Gasteiger partial charge in [0.2, 0.25) is 0 Å². The molecule has 0 aliphatic carbocycles. The van der Waals surface area contributed by atoms with Crippen LogP contribution in [0, 0.1) is 10.1 Å². The Morgan fingerprint density at radius 2 is 1.72 bits per heavy atom. The fourth-order valence-corrected chi connectivity index (χ4v) is 3.31. The summed E-state index contributed by atoms with van der Waals surface area (Å²) < 4.78 is 5.51. The van der Waals surface area contributed by atoms with Gasteiger partial charge in [0.1, 0.15) is 4.92 Å². The van der Waals surface area contributed by atoms with Crippen LogP contribution in [0.3, 0.4) is 0 Å². The highest BCUT2D eigenvalue weighted by Gasteiger charge is 2.40. The van der Waals surface area contributed by atoms with Gasteiger partial charge in [-0.2, -0.15) is 0 Å². The standard InChI is InChI=1S/C21H18N4O4/c1-15(26)20-22-24(17-10-6-3-7-11-17)21(18-12-13-19(29-18)25(27)28)23(20)14-16-8-4-2-5-9-16/h2-13,21H,14H2,1H3/t21-/m1/s1. The number of ketones is 1. The fraction of sp³-hybridized carbons (Fsp3) is 0.143. The molecule has 3 aromatic rings. The molecule has 1 aromatic heterocycles. The Labute approximate surface area is 166 Å². The molecule has 0 radical (unpaired) electrons. The molecule has 1 atom stereocenters. The number of hydrogen-bond acceptors (Lipinski definition) is 7. The minimum atomic E-state index is -0.634. The fourth-order valence-electron chi connectivity index (χ4n) is 3.31. The molecule has 29 heavy (non-hydrogen) atoms. The predicted molar refractivity (Wildman–Crippen MR) is 107 cm³/mol. The van der Waals surface area contributed by atoms with Gasteiger partial charge in [-0.15, -0.1) is 5.10 Å². The molecule has 2 aromatic carbocycles. The number of benzene rings is 2. The number of carbonyl (C=O) groups excluding carboxylic acids is 1. The normalized spacial score (nSPS) is 16.0. The van der Waals surface area contributed by atoms with Gasteiger partial charge in [-0.3, -0.25) is 14.9 Å². The molecule has 1 aliphatic rings. The van der Waals surface area contributed by atoms with Crippen LogP contribution in [0.5, 0.6) is 0 Å². The van der Waals surface area contributed by atoms with E-state index in [2.05, 4.69) is 5.10 Å². The van der Waals surface area contributed by atoms with Crippen molar-refractivity contribution in [2.45, 2.75) is 19.6 Å². The Balaban J connectivity index is 1.81. The van der Waals surface area contributed by atoms with E-state index in [-0.39, 0.29) is 17.5 Å². The Bertz CT molecular complexity index is 1060. The van der Waals surface area contributed by atoms with Crippen molar-refractivity contribution in [2.75, 3.05) is 5.01 Å². The van der Waals surface area contributed by atoms with Crippen molar-refractivity contribution in [2.24, 2.45) is 5.10 Å². The van der Waals surface area contributed by atoms with Crippen LogP contribution < -0.4 is 5.01 Å². The molecule has 8 nitrogen and oxygen atoms in total. The number of Topliss-reactive ketones (excluding diaryl/α,β-unsaturated/α-hetero) is 1. The lowest BCUT2D eigenvalue weighted by Gasteiger charge is -2.30. The van der Waals surface area contributed by atoms with Crippen molar-refractivity contribution in [1.29, 1.82) is 0 Å². The van der Waals surface area contributed by atoms with E-state index >= 15 is 0 Å². The summed E-state index contributed by atoms with van der Waals surface area (Å²) in [5.74, 6) is 0.0348. The first kappa shape index (κ1) is 18.4. The van der Waals surface area contributed by atoms with E-state index in [9.17, 15) is 14.9 Å².